The summed E-state index contributed by atoms with van der Waals surface area (Å²) >= 11 is 0. The summed E-state index contributed by atoms with van der Waals surface area (Å²) in [5, 5.41) is 11.2. The second-order valence-electron chi connectivity index (χ2n) is 17.0. The van der Waals surface area contributed by atoms with Crippen LogP contribution in [0.4, 0.5) is 15.3 Å². The molecular weight excluding hydrogens is 771 g/mol. The van der Waals surface area contributed by atoms with E-state index >= 15 is 0 Å². The molecule has 3 aliphatic rings. The molecule has 0 spiro atoms. The van der Waals surface area contributed by atoms with Crippen LogP contribution in [0.2, 0.25) is 0 Å². The lowest BCUT2D eigenvalue weighted by atomic mass is 10.0. The van der Waals surface area contributed by atoms with Gasteiger partial charge in [-0.15, -0.1) is 0 Å². The first-order chi connectivity index (χ1) is 27.1. The summed E-state index contributed by atoms with van der Waals surface area (Å²) in [4.78, 5) is 74.7. The fourth-order valence-corrected chi connectivity index (χ4v) is 7.86. The monoisotopic (exact) mass is 829 g/mol. The molecule has 1 aromatic heterocycles. The van der Waals surface area contributed by atoms with Crippen molar-refractivity contribution < 1.29 is 41.9 Å². The zero-order valence-corrected chi connectivity index (χ0v) is 35.7. The highest BCUT2D eigenvalue weighted by atomic mass is 32.2. The minimum Gasteiger partial charge on any atom is -0.459 e. The number of ether oxygens (including phenoxy) is 2. The van der Waals surface area contributed by atoms with Crippen LogP contribution in [0.15, 0.2) is 30.4 Å². The summed E-state index contributed by atoms with van der Waals surface area (Å²) in [7, 11) is -1.63. The van der Waals surface area contributed by atoms with Gasteiger partial charge in [-0.25, -0.2) is 14.3 Å². The van der Waals surface area contributed by atoms with Crippen LogP contribution in [0.25, 0.3) is 11.0 Å². The number of carbonyl (C=O) groups is 5. The minimum absolute atomic E-state index is 0.0197. The number of hydrogen-bond acceptors (Lipinski definition) is 10. The maximum absolute atomic E-state index is 14.6. The number of nitrogens with one attached hydrogen (secondary N) is 5. The normalized spacial score (nSPS) is 24.9. The Balaban J connectivity index is 1.51. The molecule has 5 atom stereocenters. The van der Waals surface area contributed by atoms with Crippen molar-refractivity contribution in [1.29, 1.82) is 0 Å². The van der Waals surface area contributed by atoms with E-state index in [1.807, 2.05) is 50.5 Å². The van der Waals surface area contributed by atoms with Gasteiger partial charge in [0.2, 0.25) is 11.8 Å². The molecule has 5 N–H and O–H groups in total. The van der Waals surface area contributed by atoms with Gasteiger partial charge in [0, 0.05) is 38.5 Å². The first kappa shape index (κ1) is 44.2. The fourth-order valence-electron chi connectivity index (χ4n) is 7.26. The summed E-state index contributed by atoms with van der Waals surface area (Å²) in [6, 6.07) is 2.69. The minimum atomic E-state index is -4.20. The number of aromatic nitrogens is 2. The maximum atomic E-state index is 14.6. The first-order valence-corrected chi connectivity index (χ1v) is 21.3. The van der Waals surface area contributed by atoms with Crippen LogP contribution in [-0.2, 0) is 29.3 Å². The van der Waals surface area contributed by atoms with Crippen LogP contribution in [0.5, 0.6) is 6.01 Å². The van der Waals surface area contributed by atoms with E-state index in [9.17, 15) is 32.4 Å². The molecule has 2 aliphatic heterocycles. The van der Waals surface area contributed by atoms with Crippen LogP contribution in [-0.4, -0.2) is 113 Å². The van der Waals surface area contributed by atoms with Gasteiger partial charge in [0.05, 0.1) is 17.7 Å². The van der Waals surface area contributed by atoms with E-state index in [1.165, 1.54) is 19.0 Å². The average molecular weight is 830 g/mol. The number of carbonyl (C=O) groups excluding carboxylic acids is 5. The zero-order chi connectivity index (χ0) is 42.7. The molecule has 2 fully saturated rings. The second kappa shape index (κ2) is 17.5. The zero-order valence-electron chi connectivity index (χ0n) is 34.9. The van der Waals surface area contributed by atoms with E-state index in [4.69, 9.17) is 14.5 Å². The molecule has 320 valence electrons. The third-order valence-corrected chi connectivity index (χ3v) is 11.6. The Morgan fingerprint density at radius 3 is 2.45 bits per heavy atom. The van der Waals surface area contributed by atoms with Crippen molar-refractivity contribution in [2.45, 2.75) is 135 Å². The number of para-hydroxylation sites is 1. The number of hydrogen-bond donors (Lipinski definition) is 5. The Morgan fingerprint density at radius 1 is 1.07 bits per heavy atom. The molecule has 0 bridgehead atoms. The lowest BCUT2D eigenvalue weighted by molar-refractivity contribution is -0.141. The molecule has 0 unspecified atom stereocenters. The van der Waals surface area contributed by atoms with E-state index in [1.54, 1.807) is 32.9 Å². The molecule has 5 rings (SSSR count). The molecule has 18 nitrogen and oxygen atoms in total. The molecule has 19 heteroatoms. The summed E-state index contributed by atoms with van der Waals surface area (Å²) in [6.45, 7) is 12.7. The molecule has 2 aromatic rings. The summed E-state index contributed by atoms with van der Waals surface area (Å²) < 4.78 is 42.4. The molecule has 58 heavy (non-hydrogen) atoms. The van der Waals surface area contributed by atoms with Crippen LogP contribution >= 0.6 is 0 Å². The van der Waals surface area contributed by atoms with Gasteiger partial charge in [-0.2, -0.15) is 17.7 Å². The van der Waals surface area contributed by atoms with Gasteiger partial charge in [0.1, 0.15) is 34.8 Å². The van der Waals surface area contributed by atoms with E-state index in [-0.39, 0.29) is 43.9 Å². The van der Waals surface area contributed by atoms with Crippen LogP contribution in [0, 0.1) is 5.92 Å². The Kier molecular flexibility index (Phi) is 13.4. The average Bonchev–Trinajstić information content (AvgIpc) is 3.42. The van der Waals surface area contributed by atoms with Crippen molar-refractivity contribution in [3.05, 3.63) is 30.4 Å². The predicted octanol–water partition coefficient (Wildman–Crippen LogP) is 3.71. The van der Waals surface area contributed by atoms with Gasteiger partial charge < -0.3 is 35.6 Å². The molecule has 0 radical (unpaired) electrons. The van der Waals surface area contributed by atoms with Gasteiger partial charge in [0.15, 0.2) is 0 Å². The summed E-state index contributed by atoms with van der Waals surface area (Å²) in [6.07, 6.45) is 5.32. The van der Waals surface area contributed by atoms with Crippen molar-refractivity contribution >= 4 is 56.8 Å². The highest BCUT2D eigenvalue weighted by Crippen LogP contribution is 2.46. The lowest BCUT2D eigenvalue weighted by Crippen LogP contribution is -2.58. The first-order valence-electron chi connectivity index (χ1n) is 19.9. The quantitative estimate of drug-likeness (QED) is 0.231. The standard InChI is InChI=1S/C39H59N9O9S/c1-23(2)40-35(52)41-27-18-15-19-29-31(27)43-36(48(29)24(3)4)56-26-20-30-32(49)44-39(34(51)45-58(54,55)46(8)9)21-25(39)16-13-11-10-12-14-17-28(33(50)47(30)22-26)42-37(53)57-38(5,6)7/h13,15-16,18-19,23-26,28,30H,10-12,14,17,20-22H2,1-9H3,(H,42,53)(H,44,49)(H,45,51)(H2,40,41,52)/b16-13-/t25-,26+,28-,30-,39+/m0/s1. The molecule has 1 saturated heterocycles. The number of rotatable bonds is 9. The van der Waals surface area contributed by atoms with E-state index in [0.29, 0.717) is 29.6 Å². The summed E-state index contributed by atoms with van der Waals surface area (Å²) in [5.74, 6) is -2.60. The van der Waals surface area contributed by atoms with Gasteiger partial charge in [0.25, 0.3) is 11.9 Å². The lowest BCUT2D eigenvalue weighted by Gasteiger charge is -2.30. The molecule has 1 aliphatic carbocycles. The Morgan fingerprint density at radius 2 is 1.79 bits per heavy atom. The summed E-state index contributed by atoms with van der Waals surface area (Å²) in [5.41, 5.74) is -0.807. The van der Waals surface area contributed by atoms with E-state index in [2.05, 4.69) is 26.0 Å². The molecule has 3 heterocycles. The second-order valence-corrected chi connectivity index (χ2v) is 18.9. The van der Waals surface area contributed by atoms with E-state index < -0.39 is 75.3 Å². The smallest absolute Gasteiger partial charge is 0.408 e. The number of anilines is 1. The largest absolute Gasteiger partial charge is 0.459 e. The number of allylic oxidation sites excluding steroid dienone is 1. The van der Waals surface area contributed by atoms with Gasteiger partial charge >= 0.3 is 22.3 Å². The van der Waals surface area contributed by atoms with Crippen LogP contribution in [0.1, 0.15) is 99.5 Å². The Hall–Kier alpha value is -4.91. The molecule has 1 aromatic carbocycles. The van der Waals surface area contributed by atoms with Crippen LogP contribution in [0.3, 0.4) is 0 Å². The van der Waals surface area contributed by atoms with Gasteiger partial charge in [-0.05, 0) is 86.3 Å². The topological polar surface area (TPSA) is 222 Å². The van der Waals surface area contributed by atoms with Crippen molar-refractivity contribution in [3.63, 3.8) is 0 Å². The highest BCUT2D eigenvalue weighted by molar-refractivity contribution is 7.87. The number of urea groups is 1. The molecule has 6 amide bonds. The van der Waals surface area contributed by atoms with Crippen molar-refractivity contribution in [3.8, 4) is 6.01 Å². The number of alkyl carbamates (subject to hydrolysis) is 1. The Bertz CT molecular complexity index is 2020. The predicted molar refractivity (Wildman–Crippen MR) is 217 cm³/mol. The number of imidazole rings is 1. The van der Waals surface area contributed by atoms with E-state index in [0.717, 1.165) is 17.1 Å². The number of amides is 6. The van der Waals surface area contributed by atoms with Crippen molar-refractivity contribution in [2.24, 2.45) is 5.92 Å². The SMILES string of the molecule is CC(C)NC(=O)Nc1cccc2c1nc(O[C@@H]1C[C@H]3C(=O)N[C@]4(C(=O)NS(=O)(=O)N(C)C)C[C@@H]4/C=C\CCCCC[C@H](NC(=O)OC(C)(C)C)C(=O)N3C1)n2C(C)C. The number of benzene rings is 1. The number of nitrogens with zero attached hydrogens (tertiary/aromatic N) is 4. The number of fused-ring (bicyclic) bond motifs is 3. The Labute approximate surface area is 340 Å². The maximum Gasteiger partial charge on any atom is 0.408 e. The molecule has 1 saturated carbocycles. The third-order valence-electron chi connectivity index (χ3n) is 10.2. The van der Waals surface area contributed by atoms with Crippen LogP contribution < -0.4 is 30.7 Å². The highest BCUT2D eigenvalue weighted by Gasteiger charge is 2.62. The van der Waals surface area contributed by atoms with Gasteiger partial charge in [-0.3, -0.25) is 19.0 Å². The fraction of sp³-hybridized carbons (Fsp3) is 0.641. The van der Waals surface area contributed by atoms with Crippen molar-refractivity contribution in [2.75, 3.05) is 26.0 Å². The third kappa shape index (κ3) is 10.4. The van der Waals surface area contributed by atoms with Gasteiger partial charge in [-0.1, -0.05) is 31.1 Å². The van der Waals surface area contributed by atoms with Crippen molar-refractivity contribution in [1.82, 2.24) is 39.4 Å². The molecular formula is C39H59N9O9S.